The second-order valence-corrected chi connectivity index (χ2v) is 7.72. The Balaban J connectivity index is 1.32. The zero-order valence-electron chi connectivity index (χ0n) is 17.0. The third kappa shape index (κ3) is 3.54. The van der Waals surface area contributed by atoms with Gasteiger partial charge in [-0.05, 0) is 24.5 Å². The van der Waals surface area contributed by atoms with Crippen LogP contribution in [0, 0.1) is 17.2 Å². The van der Waals surface area contributed by atoms with Gasteiger partial charge in [0.1, 0.15) is 18.1 Å². The topological polar surface area (TPSA) is 119 Å². The van der Waals surface area contributed by atoms with E-state index in [1.807, 2.05) is 24.3 Å². The number of para-hydroxylation sites is 1. The van der Waals surface area contributed by atoms with Crippen LogP contribution in [-0.2, 0) is 20.0 Å². The van der Waals surface area contributed by atoms with E-state index in [-0.39, 0.29) is 28.8 Å². The average molecular weight is 416 g/mol. The molecule has 31 heavy (non-hydrogen) atoms. The molecule has 0 bridgehead atoms. The van der Waals surface area contributed by atoms with Crippen LogP contribution >= 0.6 is 0 Å². The van der Waals surface area contributed by atoms with E-state index in [9.17, 15) is 10.1 Å². The monoisotopic (exact) mass is 416 g/mol. The maximum atomic E-state index is 12.5. The van der Waals surface area contributed by atoms with Crippen molar-refractivity contribution in [3.8, 4) is 6.07 Å². The first kappa shape index (κ1) is 19.0. The van der Waals surface area contributed by atoms with E-state index in [1.165, 1.54) is 21.3 Å². The van der Waals surface area contributed by atoms with Crippen LogP contribution < -0.4 is 10.5 Å². The average Bonchev–Trinajstić information content (AvgIpc) is 3.51. The number of aromatic nitrogens is 6. The normalized spacial score (nSPS) is 16.1. The van der Waals surface area contributed by atoms with Crippen molar-refractivity contribution < 1.29 is 4.52 Å². The van der Waals surface area contributed by atoms with Gasteiger partial charge in [-0.3, -0.25) is 4.79 Å². The van der Waals surface area contributed by atoms with E-state index >= 15 is 0 Å². The molecule has 3 aromatic heterocycles. The highest BCUT2D eigenvalue weighted by Gasteiger charge is 2.25. The number of nitrogens with zero attached hydrogens (tertiary/aromatic N) is 8. The molecule has 0 aliphatic carbocycles. The van der Waals surface area contributed by atoms with E-state index in [1.54, 1.807) is 7.05 Å². The summed E-state index contributed by atoms with van der Waals surface area (Å²) in [6.45, 7) is 2.06. The summed E-state index contributed by atoms with van der Waals surface area (Å²) in [5.41, 5.74) is 1.56. The number of rotatable bonds is 5. The summed E-state index contributed by atoms with van der Waals surface area (Å²) < 4.78 is 8.16. The Kier molecular flexibility index (Phi) is 4.71. The summed E-state index contributed by atoms with van der Waals surface area (Å²) in [6, 6.07) is 12.3. The number of hydrogen-bond donors (Lipinski definition) is 0. The minimum Gasteiger partial charge on any atom is -0.371 e. The van der Waals surface area contributed by atoms with Gasteiger partial charge in [0.25, 0.3) is 5.56 Å². The fraction of sp³-hybridized carbons (Fsp3) is 0.333. The Morgan fingerprint density at radius 1 is 1.29 bits per heavy atom. The number of benzene rings is 1. The molecule has 0 spiro atoms. The lowest BCUT2D eigenvalue weighted by atomic mass is 10.1. The fourth-order valence-electron chi connectivity index (χ4n) is 4.04. The summed E-state index contributed by atoms with van der Waals surface area (Å²) in [5.74, 6) is 1.42. The molecule has 1 atom stereocenters. The van der Waals surface area contributed by atoms with Crippen molar-refractivity contribution in [1.29, 1.82) is 5.26 Å². The first-order chi connectivity index (χ1) is 15.1. The standard InChI is InChI=1S/C21H20N8O2/c1-27-13-23-19-16(10-22)25-29(20(19)21(27)30)12-18-24-17(26-31-18)9-14-7-8-28(11-14)15-5-3-2-4-6-15/h2-6,13-14H,7-9,11-12H2,1H3/t14-/m1/s1. The fourth-order valence-corrected chi connectivity index (χ4v) is 4.04. The van der Waals surface area contributed by atoms with Crippen LogP contribution in [0.4, 0.5) is 5.69 Å². The van der Waals surface area contributed by atoms with E-state index in [0.717, 1.165) is 25.9 Å². The summed E-state index contributed by atoms with van der Waals surface area (Å²) >= 11 is 0. The van der Waals surface area contributed by atoms with Crippen LogP contribution in [0.5, 0.6) is 0 Å². The third-order valence-electron chi connectivity index (χ3n) is 5.59. The summed E-state index contributed by atoms with van der Waals surface area (Å²) in [7, 11) is 1.60. The summed E-state index contributed by atoms with van der Waals surface area (Å²) in [6.07, 6.45) is 3.16. The van der Waals surface area contributed by atoms with Crippen LogP contribution in [0.25, 0.3) is 11.0 Å². The lowest BCUT2D eigenvalue weighted by Gasteiger charge is -2.18. The maximum Gasteiger partial charge on any atom is 0.279 e. The second kappa shape index (κ2) is 7.68. The molecule has 1 fully saturated rings. The van der Waals surface area contributed by atoms with Crippen LogP contribution in [0.2, 0.25) is 0 Å². The predicted molar refractivity (Wildman–Crippen MR) is 111 cm³/mol. The Morgan fingerprint density at radius 3 is 2.94 bits per heavy atom. The summed E-state index contributed by atoms with van der Waals surface area (Å²) in [5, 5.41) is 17.6. The van der Waals surface area contributed by atoms with E-state index in [4.69, 9.17) is 4.52 Å². The molecule has 5 rings (SSSR count). The van der Waals surface area contributed by atoms with Crippen molar-refractivity contribution in [3.05, 3.63) is 64.4 Å². The third-order valence-corrected chi connectivity index (χ3v) is 5.59. The number of aryl methyl sites for hydroxylation is 1. The molecule has 0 unspecified atom stereocenters. The van der Waals surface area contributed by atoms with Crippen molar-refractivity contribution in [2.24, 2.45) is 13.0 Å². The lowest BCUT2D eigenvalue weighted by molar-refractivity contribution is 0.360. The molecule has 10 nitrogen and oxygen atoms in total. The largest absolute Gasteiger partial charge is 0.371 e. The van der Waals surface area contributed by atoms with Crippen molar-refractivity contribution in [2.45, 2.75) is 19.4 Å². The van der Waals surface area contributed by atoms with Gasteiger partial charge < -0.3 is 14.0 Å². The zero-order chi connectivity index (χ0) is 21.4. The second-order valence-electron chi connectivity index (χ2n) is 7.72. The van der Waals surface area contributed by atoms with Gasteiger partial charge >= 0.3 is 0 Å². The molecule has 1 aliphatic heterocycles. The lowest BCUT2D eigenvalue weighted by Crippen LogP contribution is -2.20. The van der Waals surface area contributed by atoms with Gasteiger partial charge in [-0.25, -0.2) is 9.67 Å². The molecule has 1 aromatic carbocycles. The van der Waals surface area contributed by atoms with E-state index in [2.05, 4.69) is 37.3 Å². The molecule has 0 saturated carbocycles. The highest BCUT2D eigenvalue weighted by molar-refractivity contribution is 5.78. The van der Waals surface area contributed by atoms with Crippen LogP contribution in [0.3, 0.4) is 0 Å². The zero-order valence-corrected chi connectivity index (χ0v) is 17.0. The maximum absolute atomic E-state index is 12.5. The van der Waals surface area contributed by atoms with Crippen LogP contribution in [0.1, 0.15) is 23.8 Å². The van der Waals surface area contributed by atoms with Gasteiger partial charge in [-0.2, -0.15) is 15.3 Å². The van der Waals surface area contributed by atoms with E-state index < -0.39 is 0 Å². The molecule has 156 valence electrons. The number of fused-ring (bicyclic) bond motifs is 1. The molecule has 1 aliphatic rings. The molecular weight excluding hydrogens is 396 g/mol. The number of hydrogen-bond acceptors (Lipinski definition) is 8. The highest BCUT2D eigenvalue weighted by atomic mass is 16.5. The molecule has 0 radical (unpaired) electrons. The molecule has 10 heteroatoms. The minimum atomic E-state index is -0.286. The van der Waals surface area contributed by atoms with Crippen LogP contribution in [0.15, 0.2) is 46.0 Å². The van der Waals surface area contributed by atoms with Gasteiger partial charge in [0.05, 0.1) is 6.33 Å². The predicted octanol–water partition coefficient (Wildman–Crippen LogP) is 1.50. The Labute approximate surface area is 177 Å². The van der Waals surface area contributed by atoms with Crippen molar-refractivity contribution in [1.82, 2.24) is 29.5 Å². The number of nitriles is 1. The molecular formula is C21H20N8O2. The smallest absolute Gasteiger partial charge is 0.279 e. The Morgan fingerprint density at radius 2 is 2.13 bits per heavy atom. The Hall–Kier alpha value is -4.00. The SMILES string of the molecule is Cn1cnc2c(C#N)nn(Cc3nc(C[C@H]4CCN(c5ccccc5)C4)no3)c2c1=O. The quantitative estimate of drug-likeness (QED) is 0.480. The van der Waals surface area contributed by atoms with Crippen molar-refractivity contribution in [3.63, 3.8) is 0 Å². The van der Waals surface area contributed by atoms with Crippen molar-refractivity contribution in [2.75, 3.05) is 18.0 Å². The first-order valence-electron chi connectivity index (χ1n) is 10.1. The molecule has 0 N–H and O–H groups in total. The molecule has 4 aromatic rings. The van der Waals surface area contributed by atoms with E-state index in [0.29, 0.717) is 17.6 Å². The highest BCUT2D eigenvalue weighted by Crippen LogP contribution is 2.25. The summed E-state index contributed by atoms with van der Waals surface area (Å²) in [4.78, 5) is 23.6. The van der Waals surface area contributed by atoms with Gasteiger partial charge in [-0.1, -0.05) is 23.4 Å². The van der Waals surface area contributed by atoms with Gasteiger partial charge in [0.15, 0.2) is 17.0 Å². The van der Waals surface area contributed by atoms with Gasteiger partial charge in [0, 0.05) is 32.2 Å². The van der Waals surface area contributed by atoms with Crippen molar-refractivity contribution >= 4 is 16.7 Å². The minimum absolute atomic E-state index is 0.0967. The van der Waals surface area contributed by atoms with Gasteiger partial charge in [0.2, 0.25) is 5.89 Å². The molecule has 0 amide bonds. The number of anilines is 1. The Bertz CT molecular complexity index is 1330. The molecule has 4 heterocycles. The molecule has 1 saturated heterocycles. The van der Waals surface area contributed by atoms with Crippen LogP contribution in [-0.4, -0.2) is 42.6 Å². The first-order valence-corrected chi connectivity index (χ1v) is 10.1. The van der Waals surface area contributed by atoms with Gasteiger partial charge in [-0.15, -0.1) is 0 Å².